The number of furan rings is 1. The standard InChI is InChI=1S/C25H30N4O4/c1-2-29-18-19(20-7-3-4-8-22(20)29)17-21(27-25(31)23-9-5-14-33-23)24(30)26-10-6-11-28-12-15-32-16-13-28/h3-5,7-9,14,17-18H,2,6,10-13,15-16H2,1H3,(H,26,30)(H,27,31)/b21-17-. The predicted molar refractivity (Wildman–Crippen MR) is 127 cm³/mol. The predicted octanol–water partition coefficient (Wildman–Crippen LogP) is 2.86. The average molecular weight is 451 g/mol. The van der Waals surface area contributed by atoms with Crippen molar-refractivity contribution in [2.75, 3.05) is 39.4 Å². The second-order valence-corrected chi connectivity index (χ2v) is 7.94. The van der Waals surface area contributed by atoms with E-state index in [-0.39, 0.29) is 17.4 Å². The molecular weight excluding hydrogens is 420 g/mol. The monoisotopic (exact) mass is 450 g/mol. The number of para-hydroxylation sites is 1. The fourth-order valence-electron chi connectivity index (χ4n) is 3.98. The summed E-state index contributed by atoms with van der Waals surface area (Å²) in [5.74, 6) is -0.642. The highest BCUT2D eigenvalue weighted by Crippen LogP contribution is 2.23. The molecule has 1 aliphatic rings. The van der Waals surface area contributed by atoms with Crippen molar-refractivity contribution in [2.24, 2.45) is 0 Å². The highest BCUT2D eigenvalue weighted by atomic mass is 16.5. The van der Waals surface area contributed by atoms with Crippen molar-refractivity contribution in [1.29, 1.82) is 0 Å². The van der Waals surface area contributed by atoms with E-state index in [2.05, 4.69) is 27.0 Å². The molecule has 0 spiro atoms. The van der Waals surface area contributed by atoms with Gasteiger partial charge < -0.3 is 24.4 Å². The number of aryl methyl sites for hydroxylation is 1. The van der Waals surface area contributed by atoms with Crippen LogP contribution < -0.4 is 10.6 Å². The number of carbonyl (C=O) groups excluding carboxylic acids is 2. The zero-order valence-electron chi connectivity index (χ0n) is 18.9. The Hall–Kier alpha value is -3.36. The molecule has 2 N–H and O–H groups in total. The first-order valence-corrected chi connectivity index (χ1v) is 11.4. The molecule has 1 fully saturated rings. The van der Waals surface area contributed by atoms with Crippen molar-refractivity contribution in [2.45, 2.75) is 19.9 Å². The number of ether oxygens (including phenoxy) is 1. The molecule has 33 heavy (non-hydrogen) atoms. The van der Waals surface area contributed by atoms with Crippen LogP contribution in [0.4, 0.5) is 0 Å². The van der Waals surface area contributed by atoms with Gasteiger partial charge in [-0.15, -0.1) is 0 Å². The number of aromatic nitrogens is 1. The fraction of sp³-hybridized carbons (Fsp3) is 0.360. The summed E-state index contributed by atoms with van der Waals surface area (Å²) in [6.45, 7) is 7.62. The van der Waals surface area contributed by atoms with Crippen molar-refractivity contribution >= 4 is 28.8 Å². The van der Waals surface area contributed by atoms with E-state index in [0.29, 0.717) is 6.54 Å². The van der Waals surface area contributed by atoms with E-state index < -0.39 is 5.91 Å². The van der Waals surface area contributed by atoms with E-state index in [1.165, 1.54) is 6.26 Å². The van der Waals surface area contributed by atoms with Gasteiger partial charge in [0.15, 0.2) is 5.76 Å². The van der Waals surface area contributed by atoms with Crippen LogP contribution in [0.1, 0.15) is 29.5 Å². The van der Waals surface area contributed by atoms with Crippen LogP contribution in [-0.4, -0.2) is 60.7 Å². The van der Waals surface area contributed by atoms with Crippen LogP contribution in [0.15, 0.2) is 59.0 Å². The number of hydrogen-bond acceptors (Lipinski definition) is 5. The Morgan fingerprint density at radius 3 is 2.70 bits per heavy atom. The number of carbonyl (C=O) groups is 2. The topological polar surface area (TPSA) is 88.7 Å². The van der Waals surface area contributed by atoms with Crippen LogP contribution in [0.2, 0.25) is 0 Å². The van der Waals surface area contributed by atoms with Crippen molar-refractivity contribution in [3.05, 3.63) is 65.9 Å². The smallest absolute Gasteiger partial charge is 0.291 e. The van der Waals surface area contributed by atoms with Crippen LogP contribution in [0, 0.1) is 0 Å². The lowest BCUT2D eigenvalue weighted by molar-refractivity contribution is -0.117. The molecule has 2 aromatic heterocycles. The van der Waals surface area contributed by atoms with Gasteiger partial charge in [-0.25, -0.2) is 0 Å². The van der Waals surface area contributed by atoms with Gasteiger partial charge in [0, 0.05) is 48.8 Å². The Morgan fingerprint density at radius 2 is 1.94 bits per heavy atom. The van der Waals surface area contributed by atoms with Crippen LogP contribution in [-0.2, 0) is 16.1 Å². The summed E-state index contributed by atoms with van der Waals surface area (Å²) in [5.41, 5.74) is 2.13. The van der Waals surface area contributed by atoms with Gasteiger partial charge in [0.2, 0.25) is 0 Å². The highest BCUT2D eigenvalue weighted by molar-refractivity contribution is 6.05. The number of benzene rings is 1. The zero-order chi connectivity index (χ0) is 23.0. The van der Waals surface area contributed by atoms with Gasteiger partial charge in [-0.2, -0.15) is 0 Å². The molecule has 174 valence electrons. The molecule has 8 nitrogen and oxygen atoms in total. The first-order chi connectivity index (χ1) is 16.2. The number of nitrogens with zero attached hydrogens (tertiary/aromatic N) is 2. The molecule has 1 saturated heterocycles. The van der Waals surface area contributed by atoms with Gasteiger partial charge in [0.05, 0.1) is 19.5 Å². The van der Waals surface area contributed by atoms with Gasteiger partial charge >= 0.3 is 0 Å². The maximum atomic E-state index is 13.1. The largest absolute Gasteiger partial charge is 0.459 e. The minimum atomic E-state index is -0.464. The van der Waals surface area contributed by atoms with E-state index >= 15 is 0 Å². The van der Waals surface area contributed by atoms with E-state index in [0.717, 1.165) is 62.3 Å². The van der Waals surface area contributed by atoms with Crippen molar-refractivity contribution in [3.8, 4) is 0 Å². The minimum absolute atomic E-state index is 0.150. The summed E-state index contributed by atoms with van der Waals surface area (Å²) < 4.78 is 12.7. The maximum absolute atomic E-state index is 13.1. The van der Waals surface area contributed by atoms with E-state index in [9.17, 15) is 9.59 Å². The first-order valence-electron chi connectivity index (χ1n) is 11.4. The molecule has 0 saturated carbocycles. The van der Waals surface area contributed by atoms with Gasteiger partial charge in [-0.05, 0) is 44.2 Å². The summed E-state index contributed by atoms with van der Waals surface area (Å²) in [7, 11) is 0. The molecule has 0 bridgehead atoms. The number of amides is 2. The molecule has 3 aromatic rings. The quantitative estimate of drug-likeness (QED) is 0.387. The molecule has 0 atom stereocenters. The molecule has 2 amide bonds. The molecule has 1 aromatic carbocycles. The van der Waals surface area contributed by atoms with Crippen LogP contribution in [0.3, 0.4) is 0 Å². The Kier molecular flexibility index (Phi) is 7.59. The van der Waals surface area contributed by atoms with Gasteiger partial charge in [-0.3, -0.25) is 14.5 Å². The molecule has 8 heteroatoms. The SMILES string of the molecule is CCn1cc(/C=C(\NC(=O)c2ccco2)C(=O)NCCCN2CCOCC2)c2ccccc21. The number of nitrogens with one attached hydrogen (secondary N) is 2. The molecule has 0 aliphatic carbocycles. The number of morpholine rings is 1. The number of hydrogen-bond donors (Lipinski definition) is 2. The molecule has 0 radical (unpaired) electrons. The first kappa shape index (κ1) is 22.8. The third kappa shape index (κ3) is 5.71. The second-order valence-electron chi connectivity index (χ2n) is 7.94. The summed E-state index contributed by atoms with van der Waals surface area (Å²) in [6.07, 6.45) is 5.97. The van der Waals surface area contributed by atoms with E-state index in [4.69, 9.17) is 9.15 Å². The summed E-state index contributed by atoms with van der Waals surface area (Å²) in [4.78, 5) is 28.0. The highest BCUT2D eigenvalue weighted by Gasteiger charge is 2.18. The van der Waals surface area contributed by atoms with E-state index in [1.54, 1.807) is 18.2 Å². The van der Waals surface area contributed by atoms with Gasteiger partial charge in [0.25, 0.3) is 11.8 Å². The normalized spacial score (nSPS) is 15.0. The summed E-state index contributed by atoms with van der Waals surface area (Å²) in [6, 6.07) is 11.2. The van der Waals surface area contributed by atoms with Crippen LogP contribution in [0.25, 0.3) is 17.0 Å². The maximum Gasteiger partial charge on any atom is 0.291 e. The molecule has 0 unspecified atom stereocenters. The summed E-state index contributed by atoms with van der Waals surface area (Å²) >= 11 is 0. The average Bonchev–Trinajstić information content (AvgIpc) is 3.51. The zero-order valence-corrected chi connectivity index (χ0v) is 18.9. The molecule has 3 heterocycles. The van der Waals surface area contributed by atoms with E-state index in [1.807, 2.05) is 30.5 Å². The van der Waals surface area contributed by atoms with Crippen LogP contribution >= 0.6 is 0 Å². The summed E-state index contributed by atoms with van der Waals surface area (Å²) in [5, 5.41) is 6.69. The van der Waals surface area contributed by atoms with Gasteiger partial charge in [0.1, 0.15) is 5.70 Å². The number of fused-ring (bicyclic) bond motifs is 1. The fourth-order valence-corrected chi connectivity index (χ4v) is 3.98. The molecule has 4 rings (SSSR count). The second kappa shape index (κ2) is 11.0. The molecular formula is C25H30N4O4. The lowest BCUT2D eigenvalue weighted by Crippen LogP contribution is -2.39. The Bertz CT molecular complexity index is 1110. The molecule has 1 aliphatic heterocycles. The van der Waals surface area contributed by atoms with Crippen molar-refractivity contribution < 1.29 is 18.7 Å². The Labute approximate surface area is 193 Å². The van der Waals surface area contributed by atoms with Crippen molar-refractivity contribution in [1.82, 2.24) is 20.1 Å². The number of rotatable bonds is 9. The van der Waals surface area contributed by atoms with Crippen LogP contribution in [0.5, 0.6) is 0 Å². The Balaban J connectivity index is 1.50. The third-order valence-electron chi connectivity index (χ3n) is 5.74. The van der Waals surface area contributed by atoms with Crippen molar-refractivity contribution in [3.63, 3.8) is 0 Å². The minimum Gasteiger partial charge on any atom is -0.459 e. The third-order valence-corrected chi connectivity index (χ3v) is 5.74. The lowest BCUT2D eigenvalue weighted by Gasteiger charge is -2.26. The Morgan fingerprint density at radius 1 is 1.12 bits per heavy atom. The lowest BCUT2D eigenvalue weighted by atomic mass is 10.1. The van der Waals surface area contributed by atoms with Gasteiger partial charge in [-0.1, -0.05) is 18.2 Å².